The molecule has 0 saturated carbocycles. The van der Waals surface area contributed by atoms with Gasteiger partial charge in [0.15, 0.2) is 0 Å². The molecule has 38 heavy (non-hydrogen) atoms. The Bertz CT molecular complexity index is 1410. The minimum absolute atomic E-state index is 0.0567. The molecule has 0 aliphatic carbocycles. The molecule has 4 aromatic rings. The van der Waals surface area contributed by atoms with Crippen molar-refractivity contribution in [2.75, 3.05) is 39.4 Å². The van der Waals surface area contributed by atoms with Crippen molar-refractivity contribution in [3.8, 4) is 17.1 Å². The summed E-state index contributed by atoms with van der Waals surface area (Å²) >= 11 is 6.13. The molecule has 9 heteroatoms. The summed E-state index contributed by atoms with van der Waals surface area (Å²) in [5.74, 6) is 0.447. The quantitative estimate of drug-likeness (QED) is 0.363. The minimum atomic E-state index is -0.0567. The topological polar surface area (TPSA) is 72.2 Å². The second kappa shape index (κ2) is 11.1. The molecule has 2 saturated heterocycles. The normalized spacial score (nSPS) is 17.1. The highest BCUT2D eigenvalue weighted by Crippen LogP contribution is 2.27. The minimum Gasteiger partial charge on any atom is -0.474 e. The van der Waals surface area contributed by atoms with Gasteiger partial charge in [-0.1, -0.05) is 35.9 Å². The molecule has 1 amide bonds. The molecule has 0 N–H and O–H groups in total. The maximum atomic E-state index is 13.3. The number of pyridine rings is 2. The molecule has 2 aliphatic heterocycles. The Morgan fingerprint density at radius 2 is 1.74 bits per heavy atom. The molecular formula is C29H30ClN5O3. The first-order valence-corrected chi connectivity index (χ1v) is 13.5. The van der Waals surface area contributed by atoms with Crippen molar-refractivity contribution >= 4 is 23.2 Å². The molecule has 0 spiro atoms. The zero-order valence-electron chi connectivity index (χ0n) is 21.1. The molecule has 8 nitrogen and oxygen atoms in total. The number of halogens is 1. The maximum Gasteiger partial charge on any atom is 0.272 e. The van der Waals surface area contributed by atoms with Gasteiger partial charge in [0, 0.05) is 68.4 Å². The van der Waals surface area contributed by atoms with Crippen LogP contribution in [0.5, 0.6) is 5.88 Å². The third-order valence-corrected chi connectivity index (χ3v) is 7.43. The van der Waals surface area contributed by atoms with Crippen LogP contribution in [0.25, 0.3) is 16.9 Å². The standard InChI is InChI=1S/C29H30ClN5O3/c30-22-9-7-21(8-10-22)28-25(35-13-2-1-5-26(35)32-28)20-33-14-16-34(17-15-33)29(36)24-4-3-6-27(31-24)38-23-11-18-37-19-12-23/h1-10,13,23H,11-12,14-20H2. The van der Waals surface area contributed by atoms with E-state index in [1.807, 2.05) is 59.5 Å². The predicted molar refractivity (Wildman–Crippen MR) is 146 cm³/mol. The first kappa shape index (κ1) is 24.9. The van der Waals surface area contributed by atoms with Gasteiger partial charge in [0.2, 0.25) is 5.88 Å². The van der Waals surface area contributed by atoms with Crippen molar-refractivity contribution < 1.29 is 14.3 Å². The summed E-state index contributed by atoms with van der Waals surface area (Å²) in [4.78, 5) is 26.9. The van der Waals surface area contributed by atoms with Gasteiger partial charge in [0.05, 0.1) is 24.6 Å². The Labute approximate surface area is 226 Å². The lowest BCUT2D eigenvalue weighted by atomic mass is 10.1. The van der Waals surface area contributed by atoms with Crippen LogP contribution >= 0.6 is 11.6 Å². The van der Waals surface area contributed by atoms with Crippen LogP contribution in [0.3, 0.4) is 0 Å². The van der Waals surface area contributed by atoms with E-state index in [-0.39, 0.29) is 12.0 Å². The van der Waals surface area contributed by atoms with Gasteiger partial charge >= 0.3 is 0 Å². The number of nitrogens with zero attached hydrogens (tertiary/aromatic N) is 5. The monoisotopic (exact) mass is 531 g/mol. The highest BCUT2D eigenvalue weighted by molar-refractivity contribution is 6.30. The smallest absolute Gasteiger partial charge is 0.272 e. The summed E-state index contributed by atoms with van der Waals surface area (Å²) in [5, 5.41) is 0.704. The first-order chi connectivity index (χ1) is 18.6. The number of hydrogen-bond acceptors (Lipinski definition) is 6. The third-order valence-electron chi connectivity index (χ3n) is 7.18. The molecule has 3 aromatic heterocycles. The SMILES string of the molecule is O=C(c1cccc(OC2CCOCC2)n1)N1CCN(Cc2c(-c3ccc(Cl)cc3)nc3ccccn23)CC1. The second-order valence-electron chi connectivity index (χ2n) is 9.70. The fraction of sp³-hybridized carbons (Fsp3) is 0.345. The number of fused-ring (bicyclic) bond motifs is 1. The van der Waals surface area contributed by atoms with Crippen LogP contribution < -0.4 is 4.74 Å². The predicted octanol–water partition coefficient (Wildman–Crippen LogP) is 4.57. The number of imidazole rings is 1. The van der Waals surface area contributed by atoms with E-state index in [1.165, 1.54) is 0 Å². The number of rotatable bonds is 6. The van der Waals surface area contributed by atoms with Crippen LogP contribution in [0, 0.1) is 0 Å². The lowest BCUT2D eigenvalue weighted by Crippen LogP contribution is -2.48. The molecule has 0 bridgehead atoms. The molecule has 2 fully saturated rings. The Kier molecular flexibility index (Phi) is 7.27. The number of ether oxygens (including phenoxy) is 2. The highest BCUT2D eigenvalue weighted by atomic mass is 35.5. The number of piperazine rings is 1. The van der Waals surface area contributed by atoms with E-state index in [4.69, 9.17) is 26.1 Å². The molecule has 1 aromatic carbocycles. The number of amides is 1. The lowest BCUT2D eigenvalue weighted by Gasteiger charge is -2.34. The average molecular weight is 532 g/mol. The fourth-order valence-electron chi connectivity index (χ4n) is 5.08. The largest absolute Gasteiger partial charge is 0.474 e. The number of benzene rings is 1. The van der Waals surface area contributed by atoms with Crippen LogP contribution in [0.4, 0.5) is 0 Å². The molecule has 5 heterocycles. The number of aromatic nitrogens is 3. The summed E-state index contributed by atoms with van der Waals surface area (Å²) < 4.78 is 13.6. The average Bonchev–Trinajstić information content (AvgIpc) is 3.32. The van der Waals surface area contributed by atoms with E-state index < -0.39 is 0 Å². The van der Waals surface area contributed by atoms with E-state index in [0.29, 0.717) is 42.9 Å². The summed E-state index contributed by atoms with van der Waals surface area (Å²) in [6.07, 6.45) is 3.82. The summed E-state index contributed by atoms with van der Waals surface area (Å²) in [7, 11) is 0. The number of carbonyl (C=O) groups excluding carboxylic acids is 1. The van der Waals surface area contributed by atoms with Gasteiger partial charge in [0.1, 0.15) is 17.4 Å². The first-order valence-electron chi connectivity index (χ1n) is 13.1. The van der Waals surface area contributed by atoms with Crippen molar-refractivity contribution in [3.05, 3.63) is 83.3 Å². The molecular weight excluding hydrogens is 502 g/mol. The van der Waals surface area contributed by atoms with E-state index in [9.17, 15) is 4.79 Å². The van der Waals surface area contributed by atoms with E-state index in [2.05, 4.69) is 20.5 Å². The third kappa shape index (κ3) is 5.38. The Balaban J connectivity index is 1.13. The van der Waals surface area contributed by atoms with Crippen molar-refractivity contribution in [2.45, 2.75) is 25.5 Å². The van der Waals surface area contributed by atoms with Crippen molar-refractivity contribution in [1.82, 2.24) is 24.2 Å². The zero-order valence-corrected chi connectivity index (χ0v) is 21.9. The van der Waals surface area contributed by atoms with Crippen LogP contribution in [0.2, 0.25) is 5.02 Å². The Morgan fingerprint density at radius 3 is 2.53 bits per heavy atom. The van der Waals surface area contributed by atoms with E-state index in [1.54, 1.807) is 6.07 Å². The van der Waals surface area contributed by atoms with Crippen LogP contribution in [-0.4, -0.2) is 75.6 Å². The van der Waals surface area contributed by atoms with Gasteiger partial charge in [-0.05, 0) is 30.3 Å². The van der Waals surface area contributed by atoms with Crippen LogP contribution in [-0.2, 0) is 11.3 Å². The van der Waals surface area contributed by atoms with E-state index in [0.717, 1.165) is 55.1 Å². The molecule has 2 aliphatic rings. The van der Waals surface area contributed by atoms with Gasteiger partial charge in [-0.2, -0.15) is 0 Å². The number of hydrogen-bond donors (Lipinski definition) is 0. The Hall–Kier alpha value is -3.46. The Morgan fingerprint density at radius 1 is 0.947 bits per heavy atom. The van der Waals surface area contributed by atoms with Crippen LogP contribution in [0.1, 0.15) is 29.0 Å². The van der Waals surface area contributed by atoms with Crippen LogP contribution in [0.15, 0.2) is 66.9 Å². The molecule has 6 rings (SSSR count). The number of carbonyl (C=O) groups is 1. The van der Waals surface area contributed by atoms with Gasteiger partial charge < -0.3 is 18.8 Å². The summed E-state index contributed by atoms with van der Waals surface area (Å²) in [5.41, 5.74) is 4.46. The van der Waals surface area contributed by atoms with Gasteiger partial charge in [0.25, 0.3) is 5.91 Å². The fourth-order valence-corrected chi connectivity index (χ4v) is 5.21. The summed E-state index contributed by atoms with van der Waals surface area (Å²) in [6.45, 7) is 4.94. The van der Waals surface area contributed by atoms with Crippen molar-refractivity contribution in [2.24, 2.45) is 0 Å². The van der Waals surface area contributed by atoms with E-state index >= 15 is 0 Å². The summed E-state index contributed by atoms with van der Waals surface area (Å²) in [6, 6.07) is 19.3. The maximum absolute atomic E-state index is 13.3. The van der Waals surface area contributed by atoms with Crippen molar-refractivity contribution in [1.29, 1.82) is 0 Å². The van der Waals surface area contributed by atoms with Gasteiger partial charge in [-0.3, -0.25) is 9.69 Å². The molecule has 0 atom stereocenters. The molecule has 196 valence electrons. The second-order valence-corrected chi connectivity index (χ2v) is 10.1. The highest BCUT2D eigenvalue weighted by Gasteiger charge is 2.25. The lowest BCUT2D eigenvalue weighted by molar-refractivity contribution is 0.0235. The molecule has 0 radical (unpaired) electrons. The zero-order chi connectivity index (χ0) is 25.9. The van der Waals surface area contributed by atoms with Gasteiger partial charge in [-0.25, -0.2) is 9.97 Å². The molecule has 0 unspecified atom stereocenters. The van der Waals surface area contributed by atoms with Crippen molar-refractivity contribution in [3.63, 3.8) is 0 Å². The van der Waals surface area contributed by atoms with Gasteiger partial charge in [-0.15, -0.1) is 0 Å².